The van der Waals surface area contributed by atoms with Crippen LogP contribution in [0.4, 0.5) is 0 Å². The van der Waals surface area contributed by atoms with Gasteiger partial charge in [-0.05, 0) is 48.0 Å². The van der Waals surface area contributed by atoms with Crippen molar-refractivity contribution >= 4 is 58.5 Å². The van der Waals surface area contributed by atoms with Gasteiger partial charge in [-0.3, -0.25) is 4.79 Å². The van der Waals surface area contributed by atoms with Crippen molar-refractivity contribution in [3.05, 3.63) is 91.9 Å². The van der Waals surface area contributed by atoms with E-state index >= 15 is 0 Å². The highest BCUT2D eigenvalue weighted by atomic mass is 35.5. The third kappa shape index (κ3) is 7.04. The number of ether oxygens (including phenoxy) is 2. The molecule has 0 aliphatic heterocycles. The summed E-state index contributed by atoms with van der Waals surface area (Å²) in [4.78, 5) is 11.9. The fourth-order valence-electron chi connectivity index (χ4n) is 2.45. The van der Waals surface area contributed by atoms with Gasteiger partial charge in [-0.1, -0.05) is 64.6 Å². The Morgan fingerprint density at radius 1 is 0.903 bits per heavy atom. The van der Waals surface area contributed by atoms with Gasteiger partial charge >= 0.3 is 0 Å². The first-order chi connectivity index (χ1) is 14.9. The largest absolute Gasteiger partial charge is 0.486 e. The molecule has 0 fully saturated rings. The Bertz CT molecular complexity index is 1070. The first-order valence-corrected chi connectivity index (χ1v) is 10.5. The predicted molar refractivity (Wildman–Crippen MR) is 125 cm³/mol. The quantitative estimate of drug-likeness (QED) is 0.289. The molecule has 31 heavy (non-hydrogen) atoms. The lowest BCUT2D eigenvalue weighted by Gasteiger charge is -2.11. The van der Waals surface area contributed by atoms with Gasteiger partial charge in [0.25, 0.3) is 5.91 Å². The molecule has 0 aliphatic rings. The molecule has 0 bridgehead atoms. The van der Waals surface area contributed by atoms with Crippen molar-refractivity contribution in [1.29, 1.82) is 0 Å². The van der Waals surface area contributed by atoms with Gasteiger partial charge in [-0.2, -0.15) is 5.10 Å². The minimum atomic E-state index is -0.428. The van der Waals surface area contributed by atoms with Gasteiger partial charge < -0.3 is 9.47 Å². The normalized spacial score (nSPS) is 10.8. The van der Waals surface area contributed by atoms with Crippen molar-refractivity contribution in [3.63, 3.8) is 0 Å². The summed E-state index contributed by atoms with van der Waals surface area (Å²) in [5, 5.41) is 5.67. The molecule has 3 rings (SSSR count). The lowest BCUT2D eigenvalue weighted by Crippen LogP contribution is -2.24. The van der Waals surface area contributed by atoms with E-state index in [9.17, 15) is 4.79 Å². The third-order valence-electron chi connectivity index (χ3n) is 3.94. The van der Waals surface area contributed by atoms with E-state index in [1.807, 2.05) is 18.2 Å². The summed E-state index contributed by atoms with van der Waals surface area (Å²) >= 11 is 24.5. The van der Waals surface area contributed by atoms with E-state index in [0.717, 1.165) is 5.56 Å². The Balaban J connectivity index is 1.54. The molecule has 0 atom stereocenters. The maximum absolute atomic E-state index is 11.9. The van der Waals surface area contributed by atoms with Crippen LogP contribution in [0.25, 0.3) is 0 Å². The van der Waals surface area contributed by atoms with Crippen LogP contribution < -0.4 is 14.9 Å². The number of benzene rings is 3. The highest BCUT2D eigenvalue weighted by molar-refractivity contribution is 6.37. The third-order valence-corrected chi connectivity index (χ3v) is 5.12. The molecule has 9 heteroatoms. The summed E-state index contributed by atoms with van der Waals surface area (Å²) < 4.78 is 11.1. The highest BCUT2D eigenvalue weighted by Crippen LogP contribution is 2.34. The summed E-state index contributed by atoms with van der Waals surface area (Å²) in [6.45, 7) is 0.0194. The predicted octanol–water partition coefficient (Wildman–Crippen LogP) is 6.41. The Morgan fingerprint density at radius 3 is 2.26 bits per heavy atom. The van der Waals surface area contributed by atoms with Crippen LogP contribution in [0.5, 0.6) is 11.5 Å². The van der Waals surface area contributed by atoms with Gasteiger partial charge in [0.05, 0.1) is 16.3 Å². The van der Waals surface area contributed by atoms with Crippen LogP contribution >= 0.6 is 46.4 Å². The summed E-state index contributed by atoms with van der Waals surface area (Å²) in [5.74, 6) is 0.429. The number of nitrogens with zero attached hydrogens (tertiary/aromatic N) is 1. The van der Waals surface area contributed by atoms with E-state index in [-0.39, 0.29) is 13.2 Å². The number of halogens is 4. The molecule has 0 saturated carbocycles. The molecular formula is C22H16Cl4N2O3. The van der Waals surface area contributed by atoms with Crippen molar-refractivity contribution in [1.82, 2.24) is 5.43 Å². The summed E-state index contributed by atoms with van der Waals surface area (Å²) in [7, 11) is 0. The average molecular weight is 498 g/mol. The second-order valence-corrected chi connectivity index (χ2v) is 7.89. The molecule has 0 unspecified atom stereocenters. The zero-order valence-corrected chi connectivity index (χ0v) is 19.0. The van der Waals surface area contributed by atoms with Crippen LogP contribution in [-0.4, -0.2) is 18.7 Å². The van der Waals surface area contributed by atoms with E-state index in [0.29, 0.717) is 37.2 Å². The molecule has 0 saturated heterocycles. The Kier molecular flexibility index (Phi) is 8.43. The SMILES string of the molecule is O=C(COc1ccc(Cl)cc1)N/N=C\c1cc(Cl)c(OCc2ccccc2Cl)c(Cl)c1. The molecule has 0 heterocycles. The van der Waals surface area contributed by atoms with E-state index in [1.54, 1.807) is 42.5 Å². The molecule has 5 nitrogen and oxygen atoms in total. The number of hydrogen-bond acceptors (Lipinski definition) is 4. The van der Waals surface area contributed by atoms with Crippen LogP contribution in [0, 0.1) is 0 Å². The number of rotatable bonds is 8. The second kappa shape index (κ2) is 11.3. The van der Waals surface area contributed by atoms with Crippen LogP contribution in [0.1, 0.15) is 11.1 Å². The van der Waals surface area contributed by atoms with Gasteiger partial charge in [0.15, 0.2) is 12.4 Å². The topological polar surface area (TPSA) is 59.9 Å². The molecular weight excluding hydrogens is 482 g/mol. The van der Waals surface area contributed by atoms with Crippen LogP contribution in [0.3, 0.4) is 0 Å². The molecule has 0 spiro atoms. The van der Waals surface area contributed by atoms with Crippen LogP contribution in [-0.2, 0) is 11.4 Å². The minimum Gasteiger partial charge on any atom is -0.486 e. The molecule has 0 aliphatic carbocycles. The van der Waals surface area contributed by atoms with E-state index in [2.05, 4.69) is 10.5 Å². The molecule has 1 amide bonds. The fourth-order valence-corrected chi connectivity index (χ4v) is 3.38. The molecule has 0 radical (unpaired) electrons. The second-order valence-electron chi connectivity index (χ2n) is 6.23. The fraction of sp³-hybridized carbons (Fsp3) is 0.0909. The van der Waals surface area contributed by atoms with Gasteiger partial charge in [0, 0.05) is 15.6 Å². The van der Waals surface area contributed by atoms with Crippen molar-refractivity contribution in [2.45, 2.75) is 6.61 Å². The standard InChI is InChI=1S/C22H16Cl4N2O3/c23-16-5-7-17(8-6-16)30-13-21(29)28-27-11-14-9-19(25)22(20(26)10-14)31-12-15-3-1-2-4-18(15)24/h1-11H,12-13H2,(H,28,29)/b27-11-. The Hall–Kier alpha value is -2.44. The number of nitrogens with one attached hydrogen (secondary N) is 1. The van der Waals surface area contributed by atoms with E-state index < -0.39 is 5.91 Å². The monoisotopic (exact) mass is 496 g/mol. The van der Waals surface area contributed by atoms with Gasteiger partial charge in [0.1, 0.15) is 12.4 Å². The molecule has 3 aromatic carbocycles. The van der Waals surface area contributed by atoms with Crippen molar-refractivity contribution < 1.29 is 14.3 Å². The number of carbonyl (C=O) groups is 1. The summed E-state index contributed by atoms with van der Waals surface area (Å²) in [5.41, 5.74) is 3.76. The first kappa shape index (κ1) is 23.2. The molecule has 1 N–H and O–H groups in total. The first-order valence-electron chi connectivity index (χ1n) is 8.98. The molecule has 160 valence electrons. The average Bonchev–Trinajstić information content (AvgIpc) is 2.74. The smallest absolute Gasteiger partial charge is 0.277 e. The lowest BCUT2D eigenvalue weighted by molar-refractivity contribution is -0.123. The van der Waals surface area contributed by atoms with E-state index in [4.69, 9.17) is 55.9 Å². The van der Waals surface area contributed by atoms with Crippen LogP contribution in [0.2, 0.25) is 20.1 Å². The molecule has 0 aromatic heterocycles. The Morgan fingerprint density at radius 2 is 1.58 bits per heavy atom. The van der Waals surface area contributed by atoms with Crippen molar-refractivity contribution in [3.8, 4) is 11.5 Å². The van der Waals surface area contributed by atoms with E-state index in [1.165, 1.54) is 6.21 Å². The highest BCUT2D eigenvalue weighted by Gasteiger charge is 2.11. The maximum Gasteiger partial charge on any atom is 0.277 e. The van der Waals surface area contributed by atoms with Gasteiger partial charge in [-0.15, -0.1) is 0 Å². The van der Waals surface area contributed by atoms with Crippen molar-refractivity contribution in [2.75, 3.05) is 6.61 Å². The van der Waals surface area contributed by atoms with Gasteiger partial charge in [-0.25, -0.2) is 5.43 Å². The number of carbonyl (C=O) groups excluding carboxylic acids is 1. The maximum atomic E-state index is 11.9. The zero-order valence-electron chi connectivity index (χ0n) is 15.9. The van der Waals surface area contributed by atoms with Crippen LogP contribution in [0.15, 0.2) is 65.8 Å². The lowest BCUT2D eigenvalue weighted by atomic mass is 10.2. The number of hydrazone groups is 1. The Labute approximate surface area is 199 Å². The molecule has 3 aromatic rings. The summed E-state index contributed by atoms with van der Waals surface area (Å²) in [6.07, 6.45) is 1.41. The number of hydrogen-bond donors (Lipinski definition) is 1. The minimum absolute atomic E-state index is 0.199. The number of amides is 1. The zero-order chi connectivity index (χ0) is 22.2. The summed E-state index contributed by atoms with van der Waals surface area (Å²) in [6, 6.07) is 17.2. The van der Waals surface area contributed by atoms with Crippen molar-refractivity contribution in [2.24, 2.45) is 5.10 Å². The van der Waals surface area contributed by atoms with Gasteiger partial charge in [0.2, 0.25) is 0 Å².